The summed E-state index contributed by atoms with van der Waals surface area (Å²) in [6.45, 7) is 14.5. The van der Waals surface area contributed by atoms with Gasteiger partial charge in [0, 0.05) is 52.4 Å². The molecule has 3 aliphatic rings. The number of amides is 9. The molecule has 0 bridgehead atoms. The van der Waals surface area contributed by atoms with Crippen molar-refractivity contribution in [3.63, 3.8) is 0 Å². The molecule has 6 aromatic rings. The summed E-state index contributed by atoms with van der Waals surface area (Å²) >= 11 is 5.81. The van der Waals surface area contributed by atoms with Crippen molar-refractivity contribution in [1.29, 1.82) is 0 Å². The SMILES string of the molecule is CCCNC(=O)Nc1cccc(S(=O)(=O)Nc2cccc(C(CC(=O)O)NC(=O)Nc3ccc(NC(=S)N4CCC[C@@H]4C(=O)N[C@@H](CC(C)C)C(=O)NCC(=O)N[C@H](CC(C)C)C(=O)N[C@H](CCCCN)C(=O)N[C@H](C(=O)O[C@@]4(CC)C(=O)OCc5c4cc4n(c5=O)Cc5cc6ccccc6nc5-4)C(C)C)cc3)c2)c1. The highest BCUT2D eigenvalue weighted by molar-refractivity contribution is 7.92. The number of nitrogens with two attached hydrogens (primary N) is 1. The fourth-order valence-electron chi connectivity index (χ4n) is 13.4. The van der Waals surface area contributed by atoms with Crippen molar-refractivity contribution in [1.82, 2.24) is 51.7 Å². The van der Waals surface area contributed by atoms with E-state index < -0.39 is 136 Å². The second-order valence-corrected chi connectivity index (χ2v) is 30.7. The number of sulfonamides is 1. The molecule has 31 nitrogen and oxygen atoms in total. The first-order valence-electron chi connectivity index (χ1n) is 36.9. The lowest BCUT2D eigenvalue weighted by Gasteiger charge is -2.37. The third kappa shape index (κ3) is 21.0. The van der Waals surface area contributed by atoms with Crippen molar-refractivity contribution in [2.24, 2.45) is 23.5 Å². The van der Waals surface area contributed by atoms with E-state index in [0.717, 1.165) is 10.9 Å². The number of rotatable bonds is 34. The number of carboxylic acid groups (broad SMARTS) is 1. The molecule has 14 N–H and O–H groups in total. The normalized spacial score (nSPS) is 16.3. The summed E-state index contributed by atoms with van der Waals surface area (Å²) in [7, 11) is -4.21. The summed E-state index contributed by atoms with van der Waals surface area (Å²) in [5.74, 6) is -7.50. The number of anilines is 4. The molecule has 0 aliphatic carbocycles. The highest BCUT2D eigenvalue weighted by atomic mass is 32.2. The Morgan fingerprint density at radius 2 is 1.40 bits per heavy atom. The number of carbonyl (C=O) groups excluding carboxylic acids is 9. The summed E-state index contributed by atoms with van der Waals surface area (Å²) in [6.07, 6.45) is 2.13. The Labute approximate surface area is 642 Å². The zero-order valence-corrected chi connectivity index (χ0v) is 64.3. The average Bonchev–Trinajstić information content (AvgIpc) is 1.47. The predicted octanol–water partition coefficient (Wildman–Crippen LogP) is 7.09. The van der Waals surface area contributed by atoms with Crippen LogP contribution in [0.4, 0.5) is 32.3 Å². The number of para-hydroxylation sites is 1. The van der Waals surface area contributed by atoms with Crippen LogP contribution in [0.15, 0.2) is 119 Å². The lowest BCUT2D eigenvalue weighted by Crippen LogP contribution is -2.58. The van der Waals surface area contributed by atoms with Gasteiger partial charge in [-0.3, -0.25) is 38.3 Å². The van der Waals surface area contributed by atoms with Crippen molar-refractivity contribution >= 4 is 121 Å². The van der Waals surface area contributed by atoms with Gasteiger partial charge in [0.15, 0.2) is 5.11 Å². The minimum absolute atomic E-state index is 0.0643. The van der Waals surface area contributed by atoms with E-state index in [4.69, 9.17) is 32.4 Å². The Kier molecular flexibility index (Phi) is 28.2. The molecule has 0 radical (unpaired) electrons. The van der Waals surface area contributed by atoms with Gasteiger partial charge in [-0.15, -0.1) is 0 Å². The number of nitrogens with zero attached hydrogens (tertiary/aromatic N) is 3. The molecule has 0 saturated carbocycles. The quantitative estimate of drug-likeness (QED) is 0.0109. The van der Waals surface area contributed by atoms with E-state index in [1.165, 1.54) is 48.5 Å². The van der Waals surface area contributed by atoms with Gasteiger partial charge in [-0.05, 0) is 173 Å². The van der Waals surface area contributed by atoms with E-state index in [2.05, 4.69) is 57.9 Å². The van der Waals surface area contributed by atoms with Gasteiger partial charge in [-0.2, -0.15) is 0 Å². The van der Waals surface area contributed by atoms with Crippen LogP contribution < -0.4 is 69.2 Å². The third-order valence-electron chi connectivity index (χ3n) is 19.0. The number of aromatic nitrogens is 2. The van der Waals surface area contributed by atoms with E-state index in [1.807, 2.05) is 65.0 Å². The number of hydrogen-bond donors (Lipinski definition) is 13. The van der Waals surface area contributed by atoms with Gasteiger partial charge in [0.2, 0.25) is 35.1 Å². The smallest absolute Gasteiger partial charge is 0.355 e. The Bertz CT molecular complexity index is 4630. The van der Waals surface area contributed by atoms with Gasteiger partial charge in [0.05, 0.1) is 52.9 Å². The summed E-state index contributed by atoms with van der Waals surface area (Å²) in [5, 5.41) is 38.3. The van der Waals surface area contributed by atoms with Crippen LogP contribution in [0.3, 0.4) is 0 Å². The second kappa shape index (κ2) is 37.4. The maximum atomic E-state index is 14.6. The molecule has 0 spiro atoms. The molecular weight excluding hydrogens is 1460 g/mol. The van der Waals surface area contributed by atoms with Crippen LogP contribution in [0.2, 0.25) is 0 Å². The third-order valence-corrected chi connectivity index (χ3v) is 20.7. The number of esters is 2. The van der Waals surface area contributed by atoms with Crippen LogP contribution in [0.25, 0.3) is 22.3 Å². The number of unbranched alkanes of at least 4 members (excludes halogenated alkanes) is 1. The molecule has 7 atom stereocenters. The summed E-state index contributed by atoms with van der Waals surface area (Å²) in [5.41, 5.74) is 7.45. The highest BCUT2D eigenvalue weighted by Gasteiger charge is 2.52. The molecule has 588 valence electrons. The average molecular weight is 1550 g/mol. The molecular formula is C77H97N15O16S2. The van der Waals surface area contributed by atoms with E-state index in [9.17, 15) is 66.3 Å². The Morgan fingerprint density at radius 3 is 2.08 bits per heavy atom. The van der Waals surface area contributed by atoms with Crippen molar-refractivity contribution in [2.75, 3.05) is 46.9 Å². The molecule has 1 saturated heterocycles. The molecule has 3 aliphatic heterocycles. The van der Waals surface area contributed by atoms with Crippen molar-refractivity contribution in [3.8, 4) is 11.4 Å². The largest absolute Gasteiger partial charge is 0.481 e. The zero-order valence-electron chi connectivity index (χ0n) is 62.7. The minimum Gasteiger partial charge on any atom is -0.481 e. The lowest BCUT2D eigenvalue weighted by atomic mass is 9.85. The summed E-state index contributed by atoms with van der Waals surface area (Å²) in [6, 6.07) is 20.8. The number of fused-ring (bicyclic) bond motifs is 5. The molecule has 2 aromatic heterocycles. The zero-order chi connectivity index (χ0) is 79.7. The molecule has 4 aromatic carbocycles. The van der Waals surface area contributed by atoms with E-state index in [0.29, 0.717) is 73.5 Å². The Balaban J connectivity index is 0.778. The van der Waals surface area contributed by atoms with Gasteiger partial charge < -0.3 is 82.9 Å². The Hall–Kier alpha value is -11.1. The molecule has 9 rings (SSSR count). The van der Waals surface area contributed by atoms with Gasteiger partial charge in [0.25, 0.3) is 15.6 Å². The van der Waals surface area contributed by atoms with Gasteiger partial charge in [0.1, 0.15) is 36.8 Å². The molecule has 1 unspecified atom stereocenters. The molecule has 110 heavy (non-hydrogen) atoms. The number of carbonyl (C=O) groups is 10. The number of benzene rings is 4. The number of aliphatic carboxylic acids is 1. The molecule has 5 heterocycles. The van der Waals surface area contributed by atoms with Gasteiger partial charge >= 0.3 is 30.0 Å². The van der Waals surface area contributed by atoms with Crippen LogP contribution >= 0.6 is 12.2 Å². The van der Waals surface area contributed by atoms with E-state index >= 15 is 0 Å². The van der Waals surface area contributed by atoms with Crippen LogP contribution in [-0.4, -0.2) is 149 Å². The molecule has 9 amide bonds. The second-order valence-electron chi connectivity index (χ2n) is 28.7. The number of likely N-dealkylation sites (tertiary alicyclic amines) is 1. The number of thiocarbonyl (C=S) groups is 1. The Morgan fingerprint density at radius 1 is 0.727 bits per heavy atom. The standard InChI is InChI=1S/C77H97N15O16S2/c1-9-31-79-74(103)82-51-20-16-22-53(37-51)110(105,106)90-52-21-15-19-47(36-52)58(39-64(94)95)88-75(104)81-49-26-28-50(29-27-49)83-76(109)91-32-17-25-61(91)70(99)87-59(33-43(3)4)67(96)80-40-63(93)84-60(34-44(5)6)69(98)86-57(24-13-14-30-78)68(97)89-65(45(7)8)72(101)108-77(10-2)55-38-62-66-48(35-46-18-11-12-23-56(46)85-66)41-92(62)71(100)54(55)42-107-73(77)102/h11-12,15-16,18-23,26-29,35-38,43-45,57-61,65,90H,9-10,13-14,17,24-25,30-34,39-42,78H2,1-8H3,(H,80,96)(H,83,109)(H,84,93)(H,86,98)(H,87,99)(H,89,97)(H,94,95)(H2,79,82,103)(H2,81,88,104)/t57-,58?,59+,60-,61-,65+,77-/m1/s1. The van der Waals surface area contributed by atoms with Crippen molar-refractivity contribution in [3.05, 3.63) is 142 Å². The van der Waals surface area contributed by atoms with Crippen LogP contribution in [-0.2, 0) is 76.6 Å². The fourth-order valence-corrected chi connectivity index (χ4v) is 14.8. The van der Waals surface area contributed by atoms with Crippen molar-refractivity contribution < 1.29 is 70.9 Å². The van der Waals surface area contributed by atoms with Gasteiger partial charge in [-0.25, -0.2) is 32.6 Å². The summed E-state index contributed by atoms with van der Waals surface area (Å²) < 4.78 is 42.8. The van der Waals surface area contributed by atoms with E-state index in [1.54, 1.807) is 60.6 Å². The topological polar surface area (TPSA) is 440 Å². The van der Waals surface area contributed by atoms with Crippen LogP contribution in [0, 0.1) is 17.8 Å². The lowest BCUT2D eigenvalue weighted by molar-refractivity contribution is -0.191. The van der Waals surface area contributed by atoms with Gasteiger partial charge in [-0.1, -0.05) is 91.8 Å². The minimum atomic E-state index is -4.21. The number of ether oxygens (including phenoxy) is 2. The maximum absolute atomic E-state index is 14.6. The first-order valence-corrected chi connectivity index (χ1v) is 38.8. The van der Waals surface area contributed by atoms with Crippen molar-refractivity contribution in [2.45, 2.75) is 179 Å². The number of cyclic esters (lactones) is 1. The summed E-state index contributed by atoms with van der Waals surface area (Å²) in [4.78, 5) is 158. The first-order chi connectivity index (χ1) is 52.4. The first kappa shape index (κ1) is 83.0. The molecule has 1 fully saturated rings. The number of carboxylic acids is 1. The van der Waals surface area contributed by atoms with Crippen LogP contribution in [0.5, 0.6) is 0 Å². The molecule has 33 heteroatoms. The maximum Gasteiger partial charge on any atom is 0.355 e. The number of hydrogen-bond acceptors (Lipinski definition) is 18. The highest BCUT2D eigenvalue weighted by Crippen LogP contribution is 2.42. The number of urea groups is 2. The fraction of sp³-hybridized carbons (Fsp3) is 0.442. The van der Waals surface area contributed by atoms with E-state index in [-0.39, 0.29) is 95.3 Å². The van der Waals surface area contributed by atoms with Crippen LogP contribution in [0.1, 0.15) is 148 Å². The number of pyridine rings is 2. The predicted molar refractivity (Wildman–Crippen MR) is 416 cm³/mol. The number of nitrogens with one attached hydrogen (secondary N) is 11. The monoisotopic (exact) mass is 1550 g/mol.